The molecule has 1 amide bonds. The van der Waals surface area contributed by atoms with E-state index in [2.05, 4.69) is 20.6 Å². The number of aliphatic hydroxyl groups excluding tert-OH is 1. The Labute approximate surface area is 219 Å². The first-order chi connectivity index (χ1) is 17.8. The molecular weight excluding hydrogens is 499 g/mol. The minimum Gasteiger partial charge on any atom is -0.393 e. The second-order valence-electron chi connectivity index (χ2n) is 9.37. The van der Waals surface area contributed by atoms with Crippen molar-refractivity contribution in [3.8, 4) is 6.07 Å². The molecule has 1 aliphatic rings. The zero-order valence-corrected chi connectivity index (χ0v) is 21.3. The van der Waals surface area contributed by atoms with Gasteiger partial charge in [0.2, 0.25) is 17.8 Å². The van der Waals surface area contributed by atoms with Crippen LogP contribution in [0.2, 0.25) is 5.02 Å². The van der Waals surface area contributed by atoms with Gasteiger partial charge in [-0.3, -0.25) is 9.36 Å². The third-order valence-corrected chi connectivity index (χ3v) is 6.83. The number of nitrogens with zero attached hydrogens (tertiary/aromatic N) is 5. The summed E-state index contributed by atoms with van der Waals surface area (Å²) in [5.41, 5.74) is 6.50. The quantitative estimate of drug-likeness (QED) is 0.298. The zero-order chi connectivity index (χ0) is 26.5. The molecule has 0 aliphatic heterocycles. The van der Waals surface area contributed by atoms with Crippen LogP contribution in [0.3, 0.4) is 0 Å². The maximum Gasteiger partial charge on any atom is 0.224 e. The number of rotatable bonds is 10. The zero-order valence-electron chi connectivity index (χ0n) is 20.5. The van der Waals surface area contributed by atoms with Gasteiger partial charge >= 0.3 is 0 Å². The number of benzene rings is 1. The Bertz CT molecular complexity index is 1300. The van der Waals surface area contributed by atoms with Crippen molar-refractivity contribution in [1.82, 2.24) is 19.5 Å². The molecule has 1 fully saturated rings. The second-order valence-corrected chi connectivity index (χ2v) is 9.78. The van der Waals surface area contributed by atoms with E-state index in [4.69, 9.17) is 27.6 Å². The fourth-order valence-corrected chi connectivity index (χ4v) is 5.04. The lowest BCUT2D eigenvalue weighted by atomic mass is 9.93. The molecule has 2 heterocycles. The maximum atomic E-state index is 14.9. The van der Waals surface area contributed by atoms with Gasteiger partial charge in [-0.2, -0.15) is 10.2 Å². The number of hydrogen-bond acceptors (Lipinski definition) is 8. The number of imidazole rings is 1. The van der Waals surface area contributed by atoms with Crippen molar-refractivity contribution in [2.24, 2.45) is 5.73 Å². The van der Waals surface area contributed by atoms with Crippen LogP contribution in [0.1, 0.15) is 69.9 Å². The van der Waals surface area contributed by atoms with E-state index in [-0.39, 0.29) is 46.8 Å². The molecule has 5 N–H and O–H groups in total. The number of carbonyl (C=O) groups is 1. The van der Waals surface area contributed by atoms with Crippen LogP contribution in [-0.2, 0) is 4.79 Å². The van der Waals surface area contributed by atoms with Gasteiger partial charge < -0.3 is 21.5 Å². The molecule has 3 aromatic rings. The summed E-state index contributed by atoms with van der Waals surface area (Å²) in [5.74, 6) is -0.444. The number of carbonyl (C=O) groups excluding carboxylic acids is 1. The van der Waals surface area contributed by atoms with Gasteiger partial charge in [-0.15, -0.1) is 0 Å². The molecule has 0 unspecified atom stereocenters. The van der Waals surface area contributed by atoms with E-state index in [1.165, 1.54) is 6.07 Å². The molecule has 4 rings (SSSR count). The molecule has 37 heavy (non-hydrogen) atoms. The van der Waals surface area contributed by atoms with Crippen LogP contribution < -0.4 is 16.4 Å². The highest BCUT2D eigenvalue weighted by Gasteiger charge is 2.25. The lowest BCUT2D eigenvalue weighted by Gasteiger charge is -2.26. The Hall–Kier alpha value is -3.49. The fraction of sp³-hybridized carbons (Fsp3) is 0.480. The van der Waals surface area contributed by atoms with E-state index in [9.17, 15) is 14.3 Å². The number of nitrogens with two attached hydrogens (primary N) is 1. The molecule has 12 heteroatoms. The van der Waals surface area contributed by atoms with Crippen LogP contribution >= 0.6 is 11.6 Å². The maximum absolute atomic E-state index is 14.9. The molecule has 3 atom stereocenters. The number of hydrogen-bond donors (Lipinski definition) is 4. The van der Waals surface area contributed by atoms with Crippen molar-refractivity contribution in [1.29, 1.82) is 5.26 Å². The molecule has 0 bridgehead atoms. The van der Waals surface area contributed by atoms with Crippen LogP contribution in [0.4, 0.5) is 22.0 Å². The lowest BCUT2D eigenvalue weighted by molar-refractivity contribution is -0.118. The summed E-state index contributed by atoms with van der Waals surface area (Å²) in [6.07, 6.45) is 6.54. The molecule has 196 valence electrons. The highest BCUT2D eigenvalue weighted by Crippen LogP contribution is 2.34. The summed E-state index contributed by atoms with van der Waals surface area (Å²) in [4.78, 5) is 25.4. The van der Waals surface area contributed by atoms with Gasteiger partial charge in [0.15, 0.2) is 5.65 Å². The van der Waals surface area contributed by atoms with Gasteiger partial charge in [0.05, 0.1) is 34.6 Å². The van der Waals surface area contributed by atoms with Gasteiger partial charge in [0.25, 0.3) is 0 Å². The average molecular weight is 529 g/mol. The van der Waals surface area contributed by atoms with Gasteiger partial charge in [-0.1, -0.05) is 24.9 Å². The first-order valence-electron chi connectivity index (χ1n) is 12.4. The van der Waals surface area contributed by atoms with Gasteiger partial charge in [0, 0.05) is 18.5 Å². The van der Waals surface area contributed by atoms with Crippen molar-refractivity contribution in [3.05, 3.63) is 34.7 Å². The van der Waals surface area contributed by atoms with Gasteiger partial charge in [0.1, 0.15) is 11.3 Å². The standard InChI is InChI=1S/C25H30ClFN8O2/c1-2-4-16(7-8-21(29)37)35-23-20(13-30-24(34-23)31-15-5-3-6-17(36)11-15)32-25(35)33-22-18(26)9-14(12-28)10-19(22)27/h9-10,13,15-17,36H,2-8,11H2,1H3,(H2,29,37)(H,32,33)(H,30,31,34)/t15-,16-,17-/m1/s1. The third-order valence-electron chi connectivity index (χ3n) is 6.53. The first-order valence-corrected chi connectivity index (χ1v) is 12.8. The minimum absolute atomic E-state index is 0.0233. The fourth-order valence-electron chi connectivity index (χ4n) is 4.79. The summed E-state index contributed by atoms with van der Waals surface area (Å²) in [6, 6.07) is 4.17. The van der Waals surface area contributed by atoms with E-state index in [0.29, 0.717) is 36.4 Å². The van der Waals surface area contributed by atoms with Crippen LogP contribution in [0.15, 0.2) is 18.3 Å². The number of primary amides is 1. The SMILES string of the molecule is CCC[C@H](CCC(N)=O)n1c(Nc2c(F)cc(C#N)cc2Cl)nc2cnc(N[C@@H]3CCC[C@@H](O)C3)nc21. The summed E-state index contributed by atoms with van der Waals surface area (Å²) >= 11 is 6.29. The molecule has 10 nitrogen and oxygen atoms in total. The number of aromatic nitrogens is 4. The smallest absolute Gasteiger partial charge is 0.224 e. The number of nitriles is 1. The lowest BCUT2D eigenvalue weighted by Crippen LogP contribution is -2.30. The third kappa shape index (κ3) is 6.26. The monoisotopic (exact) mass is 528 g/mol. The van der Waals surface area contributed by atoms with E-state index >= 15 is 0 Å². The molecule has 0 radical (unpaired) electrons. The molecule has 0 saturated heterocycles. The minimum atomic E-state index is -0.698. The number of amides is 1. The Kier molecular flexibility index (Phi) is 8.41. The number of nitrogens with one attached hydrogen (secondary N) is 2. The molecule has 2 aromatic heterocycles. The molecule has 0 spiro atoms. The van der Waals surface area contributed by atoms with E-state index in [0.717, 1.165) is 31.7 Å². The Morgan fingerprint density at radius 3 is 2.86 bits per heavy atom. The van der Waals surface area contributed by atoms with Gasteiger partial charge in [-0.05, 0) is 50.7 Å². The second kappa shape index (κ2) is 11.7. The van der Waals surface area contributed by atoms with E-state index < -0.39 is 11.7 Å². The Morgan fingerprint density at radius 2 is 2.19 bits per heavy atom. The number of anilines is 3. The molecule has 1 saturated carbocycles. The van der Waals surface area contributed by atoms with Crippen molar-refractivity contribution in [2.45, 2.75) is 76.5 Å². The van der Waals surface area contributed by atoms with Gasteiger partial charge in [-0.25, -0.2) is 14.4 Å². The van der Waals surface area contributed by atoms with Crippen LogP contribution in [0.5, 0.6) is 0 Å². The predicted octanol–water partition coefficient (Wildman–Crippen LogP) is 4.56. The van der Waals surface area contributed by atoms with Crippen molar-refractivity contribution in [2.75, 3.05) is 10.6 Å². The summed E-state index contributed by atoms with van der Waals surface area (Å²) in [7, 11) is 0. The van der Waals surface area contributed by atoms with E-state index in [1.54, 1.807) is 6.20 Å². The number of fused-ring (bicyclic) bond motifs is 1. The molecule has 1 aromatic carbocycles. The Balaban J connectivity index is 1.77. The normalized spacial score (nSPS) is 18.4. The molecule has 1 aliphatic carbocycles. The summed E-state index contributed by atoms with van der Waals surface area (Å²) in [6.45, 7) is 2.02. The predicted molar refractivity (Wildman–Crippen MR) is 139 cm³/mol. The highest BCUT2D eigenvalue weighted by molar-refractivity contribution is 6.33. The summed E-state index contributed by atoms with van der Waals surface area (Å²) < 4.78 is 16.7. The summed E-state index contributed by atoms with van der Waals surface area (Å²) in [5, 5.41) is 25.5. The van der Waals surface area contributed by atoms with E-state index in [1.807, 2.05) is 17.6 Å². The highest BCUT2D eigenvalue weighted by atomic mass is 35.5. The van der Waals surface area contributed by atoms with Crippen LogP contribution in [0, 0.1) is 17.1 Å². The Morgan fingerprint density at radius 1 is 1.38 bits per heavy atom. The number of aliphatic hydroxyl groups is 1. The van der Waals surface area contributed by atoms with Crippen molar-refractivity contribution < 1.29 is 14.3 Å². The average Bonchev–Trinajstić information content (AvgIpc) is 3.21. The largest absolute Gasteiger partial charge is 0.393 e. The van der Waals surface area contributed by atoms with Crippen LogP contribution in [-0.4, -0.2) is 42.7 Å². The van der Waals surface area contributed by atoms with Crippen LogP contribution in [0.25, 0.3) is 11.2 Å². The van der Waals surface area contributed by atoms with Crippen molar-refractivity contribution in [3.63, 3.8) is 0 Å². The first kappa shape index (κ1) is 26.6. The number of halogens is 2. The topological polar surface area (TPSA) is 155 Å². The van der Waals surface area contributed by atoms with Crippen molar-refractivity contribution >= 4 is 46.3 Å². The molecular formula is C25H30ClFN8O2.